The van der Waals surface area contributed by atoms with E-state index in [-0.39, 0.29) is 175 Å². The third-order valence-corrected chi connectivity index (χ3v) is 8.92. The quantitative estimate of drug-likeness (QED) is 0.0561. The first kappa shape index (κ1) is 52.5. The van der Waals surface area contributed by atoms with Gasteiger partial charge in [0.25, 0.3) is 0 Å². The zero-order chi connectivity index (χ0) is 39.5. The second kappa shape index (κ2) is 28.8. The van der Waals surface area contributed by atoms with Gasteiger partial charge in [-0.1, -0.05) is 53.6 Å². The number of rotatable bonds is 23. The molecular weight excluding hydrogens is 974 g/mol. The van der Waals surface area contributed by atoms with Gasteiger partial charge in [0.2, 0.25) is 0 Å². The molecule has 0 unspecified atom stereocenters. The number of ether oxygens (including phenoxy) is 7. The molecule has 294 valence electrons. The number of methoxy groups -OCH3 is 1. The van der Waals surface area contributed by atoms with Crippen LogP contribution in [0, 0.1) is 19.9 Å². The second-order valence-corrected chi connectivity index (χ2v) is 12.6. The summed E-state index contributed by atoms with van der Waals surface area (Å²) in [5.41, 5.74) is 8.19. The van der Waals surface area contributed by atoms with Crippen molar-refractivity contribution >= 4 is 12.1 Å². The summed E-state index contributed by atoms with van der Waals surface area (Å²) in [6, 6.07) is 27.7. The maximum atomic E-state index is 12.7. The Morgan fingerprint density at radius 1 is 0.684 bits per heavy atom. The topological polar surface area (TPSA) is 159 Å². The number of hydrogen-bond donors (Lipinski definition) is 1. The van der Waals surface area contributed by atoms with Crippen molar-refractivity contribution in [3.05, 3.63) is 123 Å². The van der Waals surface area contributed by atoms with E-state index in [1.807, 2.05) is 18.2 Å². The first-order valence-electron chi connectivity index (χ1n) is 18.0. The van der Waals surface area contributed by atoms with Gasteiger partial charge in [-0.15, -0.1) is 11.1 Å². The number of hydrogen-bond acceptors (Lipinski definition) is 12. The molecular formula is C43H48Cs2O12. The number of carboxylic acid groups (broad SMARTS) is 1. The van der Waals surface area contributed by atoms with Crippen LogP contribution in [-0.4, -0.2) is 104 Å². The number of aryl methyl sites for hydroxylation is 2. The van der Waals surface area contributed by atoms with Crippen molar-refractivity contribution < 1.29 is 196 Å². The number of aromatic carboxylic acids is 1. The Bertz CT molecular complexity index is 1790. The van der Waals surface area contributed by atoms with Crippen LogP contribution in [0.3, 0.4) is 0 Å². The summed E-state index contributed by atoms with van der Waals surface area (Å²) < 4.78 is 38.5. The van der Waals surface area contributed by atoms with Gasteiger partial charge in [-0.25, -0.2) is 0 Å². The Balaban J connectivity index is 0.00000217. The van der Waals surface area contributed by atoms with Crippen LogP contribution in [0.15, 0.2) is 72.8 Å². The summed E-state index contributed by atoms with van der Waals surface area (Å²) in [6.45, 7) is 8.71. The molecule has 14 heteroatoms. The Labute approximate surface area is 452 Å². The summed E-state index contributed by atoms with van der Waals surface area (Å²) in [5, 5.41) is 21.5. The van der Waals surface area contributed by atoms with Crippen LogP contribution in [0.2, 0.25) is 0 Å². The van der Waals surface area contributed by atoms with E-state index in [2.05, 4.69) is 62.4 Å². The molecule has 0 saturated carbocycles. The van der Waals surface area contributed by atoms with Crippen molar-refractivity contribution in [3.8, 4) is 16.9 Å². The fourth-order valence-electron chi connectivity index (χ4n) is 6.53. The van der Waals surface area contributed by atoms with Gasteiger partial charge in [0.1, 0.15) is 12.4 Å². The summed E-state index contributed by atoms with van der Waals surface area (Å²) in [5.74, 6) is -1.11. The van der Waals surface area contributed by atoms with E-state index in [1.165, 1.54) is 0 Å². The molecule has 0 fully saturated rings. The van der Waals surface area contributed by atoms with Crippen molar-refractivity contribution in [1.29, 1.82) is 0 Å². The Morgan fingerprint density at radius 2 is 1.19 bits per heavy atom. The molecule has 0 radical (unpaired) electrons. The minimum atomic E-state index is -1.33. The molecule has 0 heterocycles. The Morgan fingerprint density at radius 3 is 1.70 bits per heavy atom. The smallest absolute Gasteiger partial charge is 0.545 e. The molecule has 0 saturated heterocycles. The molecule has 0 amide bonds. The molecule has 0 spiro atoms. The largest absolute Gasteiger partial charge is 1.00 e. The molecule has 12 nitrogen and oxygen atoms in total. The van der Waals surface area contributed by atoms with Gasteiger partial charge >= 0.3 is 144 Å². The van der Waals surface area contributed by atoms with Gasteiger partial charge in [0.15, 0.2) is 0 Å². The number of benzene rings is 4. The summed E-state index contributed by atoms with van der Waals surface area (Å²) in [4.78, 5) is 28.9. The fraction of sp³-hybridized carbons (Fsp3) is 0.395. The molecule has 0 aliphatic heterocycles. The van der Waals surface area contributed by atoms with Crippen molar-refractivity contribution in [3.63, 3.8) is 0 Å². The van der Waals surface area contributed by atoms with E-state index in [4.69, 9.17) is 47.9 Å². The number of fused-ring (bicyclic) bond motifs is 3. The zero-order valence-corrected chi connectivity index (χ0v) is 46.1. The fourth-order valence-corrected chi connectivity index (χ4v) is 6.53. The molecule has 1 aliphatic rings. The third kappa shape index (κ3) is 15.0. The average molecular weight is 1020 g/mol. The van der Waals surface area contributed by atoms with Crippen molar-refractivity contribution in [2.24, 2.45) is 0 Å². The van der Waals surface area contributed by atoms with Crippen LogP contribution in [0.4, 0.5) is 0 Å². The first-order valence-corrected chi connectivity index (χ1v) is 18.0. The number of aliphatic hydroxyl groups excluding tert-OH is 1. The van der Waals surface area contributed by atoms with Crippen LogP contribution in [-0.2, 0) is 50.0 Å². The normalized spacial score (nSPS) is 11.9. The molecule has 1 aliphatic carbocycles. The van der Waals surface area contributed by atoms with Crippen molar-refractivity contribution in [2.45, 2.75) is 25.9 Å². The van der Waals surface area contributed by atoms with Crippen LogP contribution in [0.1, 0.15) is 49.3 Å². The predicted molar refractivity (Wildman–Crippen MR) is 199 cm³/mol. The minimum absolute atomic E-state index is 0. The number of carboxylic acids is 1. The van der Waals surface area contributed by atoms with Crippen LogP contribution in [0.25, 0.3) is 11.1 Å². The molecule has 0 aromatic heterocycles. The standard InChI is InChI=1S/C42H49O10.CO2.2Cs/c1-30-4-11-35-36-12-5-31(2)27-39(36)42(38(35)26-30,33-8-6-32(7-9-33)29-51-23-22-49-19-18-47-15-14-43)34-10-13-40(37(28-34)41(44)45)52-25-24-50-21-20-48-17-16-46-3;2-1-3;;/h4-6,8-13,26-28,43H,14-25,29H2,1-3H3,(H,44,45);;;/q-1;;2*+1/p-1. The molecule has 1 N–H and O–H groups in total. The van der Waals surface area contributed by atoms with Crippen LogP contribution < -0.4 is 148 Å². The molecule has 4 aromatic carbocycles. The molecule has 57 heavy (non-hydrogen) atoms. The first-order chi connectivity index (χ1) is 26.8. The van der Waals surface area contributed by atoms with E-state index in [0.29, 0.717) is 66.1 Å². The maximum Gasteiger partial charge on any atom is 1.00 e. The van der Waals surface area contributed by atoms with E-state index in [0.717, 1.165) is 50.1 Å². The molecule has 5 rings (SSSR count). The second-order valence-electron chi connectivity index (χ2n) is 12.6. The third-order valence-electron chi connectivity index (χ3n) is 8.92. The van der Waals surface area contributed by atoms with E-state index < -0.39 is 11.4 Å². The van der Waals surface area contributed by atoms with E-state index in [9.17, 15) is 9.90 Å². The Hall–Kier alpha value is -0.646. The average Bonchev–Trinajstić information content (AvgIpc) is 3.46. The molecule has 0 atom stereocenters. The van der Waals surface area contributed by atoms with Gasteiger partial charge in [-0.05, 0) is 53.8 Å². The summed E-state index contributed by atoms with van der Waals surface area (Å²) in [7, 11) is 1.62. The van der Waals surface area contributed by atoms with Crippen molar-refractivity contribution in [1.82, 2.24) is 0 Å². The maximum absolute atomic E-state index is 12.7. The predicted octanol–water partition coefficient (Wildman–Crippen LogP) is -2.14. The van der Waals surface area contributed by atoms with E-state index in [1.54, 1.807) is 19.2 Å². The minimum Gasteiger partial charge on any atom is -0.545 e. The number of carbonyl (C=O) groups excluding carboxylic acids is 3. The van der Waals surface area contributed by atoms with Gasteiger partial charge in [0, 0.05) is 24.7 Å². The SMILES string of the molecule is COCCOCCOCCOc1ccc(C2(c3c[c-]c(COCCOCCOCCO)cc3)c3cc(C)ccc3-c3ccc(C)cc32)cc1C(=O)[O-].O=C=O.[Cs+].[Cs+]. The number of aliphatic hydroxyl groups is 1. The van der Waals surface area contributed by atoms with Gasteiger partial charge in [0.05, 0.1) is 78.6 Å². The number of carbonyl (C=O) groups is 1. The van der Waals surface area contributed by atoms with Crippen LogP contribution in [0.5, 0.6) is 5.75 Å². The van der Waals surface area contributed by atoms with E-state index >= 15 is 0 Å². The molecule has 0 bridgehead atoms. The zero-order valence-electron chi connectivity index (χ0n) is 33.6. The van der Waals surface area contributed by atoms with Crippen LogP contribution >= 0.6 is 0 Å². The Kier molecular flexibility index (Phi) is 26.5. The summed E-state index contributed by atoms with van der Waals surface area (Å²) >= 11 is 0. The van der Waals surface area contributed by atoms with Crippen molar-refractivity contribution in [2.75, 3.05) is 86.4 Å². The van der Waals surface area contributed by atoms with Gasteiger partial charge < -0.3 is 48.2 Å². The summed E-state index contributed by atoms with van der Waals surface area (Å²) in [6.07, 6.45) is 0.250. The van der Waals surface area contributed by atoms with Gasteiger partial charge in [-0.3, -0.25) is 0 Å². The molecule has 4 aromatic rings. The van der Waals surface area contributed by atoms with Gasteiger partial charge in [-0.2, -0.15) is 33.9 Å². The monoisotopic (exact) mass is 1020 g/mol.